The number of fused-ring (bicyclic) bond motifs is 1. The number of nitrogens with zero attached hydrogens (tertiary/aromatic N) is 1. The van der Waals surface area contributed by atoms with E-state index in [-0.39, 0.29) is 11.5 Å². The van der Waals surface area contributed by atoms with E-state index in [1.165, 1.54) is 18.2 Å². The molecule has 0 amide bonds. The molecule has 0 saturated carbocycles. The second-order valence-corrected chi connectivity index (χ2v) is 4.17. The first kappa shape index (κ1) is 11.5. The van der Waals surface area contributed by atoms with Crippen LogP contribution in [0.4, 0.5) is 10.1 Å². The van der Waals surface area contributed by atoms with Gasteiger partial charge in [0.15, 0.2) is 5.75 Å². The van der Waals surface area contributed by atoms with Gasteiger partial charge < -0.3 is 10.5 Å². The Morgan fingerprint density at radius 2 is 1.89 bits per heavy atom. The van der Waals surface area contributed by atoms with E-state index < -0.39 is 0 Å². The number of halogens is 1. The van der Waals surface area contributed by atoms with Crippen LogP contribution in [-0.4, -0.2) is 4.98 Å². The first-order valence-electron chi connectivity index (χ1n) is 5.79. The van der Waals surface area contributed by atoms with Crippen molar-refractivity contribution in [1.82, 2.24) is 4.98 Å². The van der Waals surface area contributed by atoms with Crippen molar-refractivity contribution in [2.75, 3.05) is 5.73 Å². The summed E-state index contributed by atoms with van der Waals surface area (Å²) in [5, 5.41) is 2.05. The van der Waals surface area contributed by atoms with E-state index >= 15 is 0 Å². The molecule has 0 aliphatic rings. The lowest BCUT2D eigenvalue weighted by molar-refractivity contribution is 0.484. The van der Waals surface area contributed by atoms with Crippen molar-refractivity contribution in [2.45, 2.75) is 0 Å². The fourth-order valence-electron chi connectivity index (χ4n) is 1.87. The SMILES string of the molecule is Nc1cc(F)ccc1Oc1ccc2ccncc2c1. The van der Waals surface area contributed by atoms with Gasteiger partial charge in [-0.1, -0.05) is 6.07 Å². The molecule has 3 aromatic rings. The molecule has 0 aliphatic carbocycles. The quantitative estimate of drug-likeness (QED) is 0.708. The van der Waals surface area contributed by atoms with E-state index in [0.29, 0.717) is 11.5 Å². The fraction of sp³-hybridized carbons (Fsp3) is 0. The van der Waals surface area contributed by atoms with Crippen LogP contribution in [0.5, 0.6) is 11.5 Å². The van der Waals surface area contributed by atoms with Gasteiger partial charge in [0.1, 0.15) is 11.6 Å². The van der Waals surface area contributed by atoms with Crippen LogP contribution in [0.15, 0.2) is 54.9 Å². The Morgan fingerprint density at radius 3 is 2.74 bits per heavy atom. The summed E-state index contributed by atoms with van der Waals surface area (Å²) in [7, 11) is 0. The fourth-order valence-corrected chi connectivity index (χ4v) is 1.87. The average Bonchev–Trinajstić information content (AvgIpc) is 2.42. The maximum Gasteiger partial charge on any atom is 0.150 e. The largest absolute Gasteiger partial charge is 0.455 e. The van der Waals surface area contributed by atoms with Crippen molar-refractivity contribution in [2.24, 2.45) is 0 Å². The highest BCUT2D eigenvalue weighted by Gasteiger charge is 2.04. The molecule has 3 nitrogen and oxygen atoms in total. The normalized spacial score (nSPS) is 10.6. The van der Waals surface area contributed by atoms with Gasteiger partial charge in [-0.05, 0) is 35.7 Å². The lowest BCUT2D eigenvalue weighted by Crippen LogP contribution is -1.93. The van der Waals surface area contributed by atoms with Gasteiger partial charge in [0.25, 0.3) is 0 Å². The minimum Gasteiger partial charge on any atom is -0.455 e. The van der Waals surface area contributed by atoms with Crippen LogP contribution in [0.3, 0.4) is 0 Å². The molecule has 1 aromatic heterocycles. The molecule has 94 valence electrons. The molecule has 1 heterocycles. The van der Waals surface area contributed by atoms with Gasteiger partial charge >= 0.3 is 0 Å². The zero-order valence-electron chi connectivity index (χ0n) is 10.0. The molecule has 19 heavy (non-hydrogen) atoms. The van der Waals surface area contributed by atoms with Gasteiger partial charge in [-0.3, -0.25) is 4.98 Å². The van der Waals surface area contributed by atoms with Crippen molar-refractivity contribution >= 4 is 16.5 Å². The Hall–Kier alpha value is -2.62. The molecule has 0 radical (unpaired) electrons. The molecule has 4 heteroatoms. The van der Waals surface area contributed by atoms with Crippen molar-refractivity contribution < 1.29 is 9.13 Å². The third kappa shape index (κ3) is 2.33. The summed E-state index contributed by atoms with van der Waals surface area (Å²) in [5.41, 5.74) is 5.97. The molecular formula is C15H11FN2O. The molecule has 0 unspecified atom stereocenters. The lowest BCUT2D eigenvalue weighted by Gasteiger charge is -2.09. The molecule has 0 saturated heterocycles. The zero-order chi connectivity index (χ0) is 13.2. The van der Waals surface area contributed by atoms with Crippen LogP contribution >= 0.6 is 0 Å². The number of rotatable bonds is 2. The van der Waals surface area contributed by atoms with Crippen molar-refractivity contribution in [3.8, 4) is 11.5 Å². The number of nitrogen functional groups attached to an aromatic ring is 1. The van der Waals surface area contributed by atoms with Crippen LogP contribution in [0.1, 0.15) is 0 Å². The summed E-state index contributed by atoms with van der Waals surface area (Å²) in [6.07, 6.45) is 3.50. The van der Waals surface area contributed by atoms with Crippen LogP contribution in [0.2, 0.25) is 0 Å². The third-order valence-corrected chi connectivity index (χ3v) is 2.81. The second kappa shape index (κ2) is 4.57. The maximum absolute atomic E-state index is 13.0. The van der Waals surface area contributed by atoms with Gasteiger partial charge in [0.2, 0.25) is 0 Å². The van der Waals surface area contributed by atoms with Crippen molar-refractivity contribution in [3.05, 3.63) is 60.7 Å². The highest BCUT2D eigenvalue weighted by atomic mass is 19.1. The summed E-state index contributed by atoms with van der Waals surface area (Å²) in [5.74, 6) is 0.691. The van der Waals surface area contributed by atoms with Gasteiger partial charge in [0, 0.05) is 23.8 Å². The highest BCUT2D eigenvalue weighted by molar-refractivity contribution is 5.82. The van der Waals surface area contributed by atoms with E-state index in [1.807, 2.05) is 24.3 Å². The summed E-state index contributed by atoms with van der Waals surface area (Å²) >= 11 is 0. The Balaban J connectivity index is 1.96. The van der Waals surface area contributed by atoms with Gasteiger partial charge in [-0.25, -0.2) is 4.39 Å². The predicted octanol–water partition coefficient (Wildman–Crippen LogP) is 3.75. The number of ether oxygens (including phenoxy) is 1. The van der Waals surface area contributed by atoms with Crippen molar-refractivity contribution in [1.29, 1.82) is 0 Å². The van der Waals surface area contributed by atoms with Gasteiger partial charge in [-0.2, -0.15) is 0 Å². The van der Waals surface area contributed by atoms with Crippen LogP contribution in [0.25, 0.3) is 10.8 Å². The number of hydrogen-bond donors (Lipinski definition) is 1. The summed E-state index contributed by atoms with van der Waals surface area (Å²) < 4.78 is 18.6. The molecule has 0 aliphatic heterocycles. The molecule has 0 bridgehead atoms. The number of anilines is 1. The first-order chi connectivity index (χ1) is 9.22. The molecular weight excluding hydrogens is 243 g/mol. The smallest absolute Gasteiger partial charge is 0.150 e. The van der Waals surface area contributed by atoms with E-state index in [2.05, 4.69) is 4.98 Å². The number of hydrogen-bond acceptors (Lipinski definition) is 3. The average molecular weight is 254 g/mol. The second-order valence-electron chi connectivity index (χ2n) is 4.17. The van der Waals surface area contributed by atoms with E-state index in [0.717, 1.165) is 10.8 Å². The summed E-state index contributed by atoms with van der Waals surface area (Å²) in [4.78, 5) is 4.06. The number of aromatic nitrogens is 1. The summed E-state index contributed by atoms with van der Waals surface area (Å²) in [6.45, 7) is 0. The Morgan fingerprint density at radius 1 is 1.00 bits per heavy atom. The molecule has 0 fully saturated rings. The summed E-state index contributed by atoms with van der Waals surface area (Å²) in [6, 6.07) is 11.6. The zero-order valence-corrected chi connectivity index (χ0v) is 10.0. The predicted molar refractivity (Wildman–Crippen MR) is 72.6 cm³/mol. The van der Waals surface area contributed by atoms with E-state index in [1.54, 1.807) is 12.4 Å². The topological polar surface area (TPSA) is 48.1 Å². The monoisotopic (exact) mass is 254 g/mol. The van der Waals surface area contributed by atoms with Gasteiger partial charge in [0.05, 0.1) is 5.69 Å². The Kier molecular flexibility index (Phi) is 2.76. The number of pyridine rings is 1. The highest BCUT2D eigenvalue weighted by Crippen LogP contribution is 2.29. The minimum atomic E-state index is -0.382. The van der Waals surface area contributed by atoms with Crippen LogP contribution in [-0.2, 0) is 0 Å². The third-order valence-electron chi connectivity index (χ3n) is 2.81. The molecule has 2 aromatic carbocycles. The van der Waals surface area contributed by atoms with Gasteiger partial charge in [-0.15, -0.1) is 0 Å². The first-order valence-corrected chi connectivity index (χ1v) is 5.79. The Labute approximate surface area is 109 Å². The standard InChI is InChI=1S/C15H11FN2O/c16-12-2-4-15(14(17)8-12)19-13-3-1-10-5-6-18-9-11(10)7-13/h1-9H,17H2. The number of benzene rings is 2. The molecule has 3 rings (SSSR count). The molecule has 0 atom stereocenters. The van der Waals surface area contributed by atoms with Crippen LogP contribution in [0, 0.1) is 5.82 Å². The van der Waals surface area contributed by atoms with E-state index in [9.17, 15) is 4.39 Å². The maximum atomic E-state index is 13.0. The Bertz CT molecular complexity index is 743. The lowest BCUT2D eigenvalue weighted by atomic mass is 10.2. The number of nitrogens with two attached hydrogens (primary N) is 1. The van der Waals surface area contributed by atoms with E-state index in [4.69, 9.17) is 10.5 Å². The molecule has 0 spiro atoms. The minimum absolute atomic E-state index is 0.270. The van der Waals surface area contributed by atoms with Crippen molar-refractivity contribution in [3.63, 3.8) is 0 Å². The van der Waals surface area contributed by atoms with Crippen LogP contribution < -0.4 is 10.5 Å². The molecule has 2 N–H and O–H groups in total.